The summed E-state index contributed by atoms with van der Waals surface area (Å²) in [5.74, 6) is -2.05. The SMILES string of the molecule is C=C(C)/C(=C\C(B1OC(C)(C)C(C)(C)O1)=C(C)C)NC(=O)C(F)(F)F. The van der Waals surface area contributed by atoms with Crippen LogP contribution < -0.4 is 5.32 Å². The second-order valence-corrected chi connectivity index (χ2v) is 7.33. The summed E-state index contributed by atoms with van der Waals surface area (Å²) in [6, 6.07) is 0. The molecule has 1 saturated heterocycles. The van der Waals surface area contributed by atoms with Crippen molar-refractivity contribution in [3.8, 4) is 0 Å². The van der Waals surface area contributed by atoms with Crippen LogP contribution in [0.4, 0.5) is 13.2 Å². The van der Waals surface area contributed by atoms with E-state index in [0.29, 0.717) is 5.47 Å². The maximum Gasteiger partial charge on any atom is 0.494 e. The zero-order chi connectivity index (χ0) is 19.8. The molecule has 0 bridgehead atoms. The standard InChI is InChI=1S/C17H25BF3NO3/c1-10(2)12(18-24-15(5,6)16(7,8)25-18)9-13(11(3)4)22-14(23)17(19,20)21/h9H,3H2,1-2,4-8H3,(H,22,23)/b13-9+. The van der Waals surface area contributed by atoms with Gasteiger partial charge in [-0.05, 0) is 65.6 Å². The van der Waals surface area contributed by atoms with Crippen LogP contribution in [0.5, 0.6) is 0 Å². The Morgan fingerprint density at radius 3 is 1.84 bits per heavy atom. The highest BCUT2D eigenvalue weighted by molar-refractivity contribution is 6.55. The van der Waals surface area contributed by atoms with Gasteiger partial charge in [0.2, 0.25) is 0 Å². The molecule has 0 radical (unpaired) electrons. The van der Waals surface area contributed by atoms with Crippen LogP contribution in [0, 0.1) is 0 Å². The summed E-state index contributed by atoms with van der Waals surface area (Å²) < 4.78 is 49.5. The number of allylic oxidation sites excluding steroid dienone is 4. The predicted molar refractivity (Wildman–Crippen MR) is 91.6 cm³/mol. The lowest BCUT2D eigenvalue weighted by molar-refractivity contribution is -0.172. The molecule has 1 fully saturated rings. The van der Waals surface area contributed by atoms with E-state index in [1.807, 2.05) is 33.0 Å². The Kier molecular flexibility index (Phi) is 6.02. The molecular formula is C17H25BF3NO3. The van der Waals surface area contributed by atoms with Gasteiger partial charge < -0.3 is 14.6 Å². The van der Waals surface area contributed by atoms with Crippen LogP contribution in [0.3, 0.4) is 0 Å². The monoisotopic (exact) mass is 359 g/mol. The normalized spacial score (nSPS) is 19.6. The predicted octanol–water partition coefficient (Wildman–Crippen LogP) is 4.09. The van der Waals surface area contributed by atoms with Gasteiger partial charge in [-0.2, -0.15) is 13.2 Å². The van der Waals surface area contributed by atoms with Gasteiger partial charge in [-0.1, -0.05) is 12.2 Å². The highest BCUT2D eigenvalue weighted by atomic mass is 19.4. The van der Waals surface area contributed by atoms with Crippen molar-refractivity contribution in [1.82, 2.24) is 5.32 Å². The molecule has 0 aromatic rings. The molecule has 1 aliphatic heterocycles. The average Bonchev–Trinajstić information content (AvgIpc) is 2.60. The summed E-state index contributed by atoms with van der Waals surface area (Å²) in [5.41, 5.74) is 0.397. The summed E-state index contributed by atoms with van der Waals surface area (Å²) >= 11 is 0. The van der Waals surface area contributed by atoms with Gasteiger partial charge in [-0.15, -0.1) is 0 Å². The van der Waals surface area contributed by atoms with Crippen molar-refractivity contribution in [2.45, 2.75) is 65.8 Å². The topological polar surface area (TPSA) is 47.6 Å². The fourth-order valence-electron chi connectivity index (χ4n) is 2.03. The first-order valence-corrected chi connectivity index (χ1v) is 7.87. The van der Waals surface area contributed by atoms with Crippen LogP contribution in [0.1, 0.15) is 48.5 Å². The van der Waals surface area contributed by atoms with Crippen molar-refractivity contribution in [2.24, 2.45) is 0 Å². The molecule has 4 nitrogen and oxygen atoms in total. The Labute approximate surface area is 147 Å². The van der Waals surface area contributed by atoms with E-state index in [2.05, 4.69) is 6.58 Å². The summed E-state index contributed by atoms with van der Waals surface area (Å²) in [6.07, 6.45) is -3.56. The third kappa shape index (κ3) is 4.98. The van der Waals surface area contributed by atoms with Crippen LogP contribution in [0.25, 0.3) is 0 Å². The van der Waals surface area contributed by atoms with Crippen molar-refractivity contribution in [3.63, 3.8) is 0 Å². The Balaban J connectivity index is 3.22. The lowest BCUT2D eigenvalue weighted by Gasteiger charge is -2.32. The summed E-state index contributed by atoms with van der Waals surface area (Å²) in [6.45, 7) is 16.2. The van der Waals surface area contributed by atoms with Gasteiger partial charge in [0.25, 0.3) is 0 Å². The number of nitrogens with one attached hydrogen (secondary N) is 1. The minimum absolute atomic E-state index is 0.0340. The number of hydrogen-bond acceptors (Lipinski definition) is 3. The molecule has 1 heterocycles. The lowest BCUT2D eigenvalue weighted by atomic mass is 9.75. The molecular weight excluding hydrogens is 334 g/mol. The molecule has 25 heavy (non-hydrogen) atoms. The first kappa shape index (κ1) is 21.5. The van der Waals surface area contributed by atoms with E-state index >= 15 is 0 Å². The molecule has 0 aromatic heterocycles. The Morgan fingerprint density at radius 1 is 1.08 bits per heavy atom. The van der Waals surface area contributed by atoms with E-state index in [9.17, 15) is 18.0 Å². The maximum absolute atomic E-state index is 12.5. The number of alkyl halides is 3. The maximum atomic E-state index is 12.5. The molecule has 1 N–H and O–H groups in total. The number of hydrogen-bond donors (Lipinski definition) is 1. The molecule has 8 heteroatoms. The number of halogens is 3. The van der Waals surface area contributed by atoms with E-state index < -0.39 is 30.4 Å². The third-order valence-corrected chi connectivity index (χ3v) is 4.35. The van der Waals surface area contributed by atoms with Crippen molar-refractivity contribution < 1.29 is 27.3 Å². The number of amides is 1. The van der Waals surface area contributed by atoms with E-state index in [0.717, 1.165) is 5.57 Å². The molecule has 1 rings (SSSR count). The Hall–Kier alpha value is -1.54. The number of carbonyl (C=O) groups excluding carboxylic acids is 1. The van der Waals surface area contributed by atoms with Crippen LogP contribution in [-0.2, 0) is 14.1 Å². The second-order valence-electron chi connectivity index (χ2n) is 7.33. The van der Waals surface area contributed by atoms with E-state index in [-0.39, 0.29) is 11.3 Å². The number of rotatable bonds is 4. The van der Waals surface area contributed by atoms with Crippen molar-refractivity contribution in [2.75, 3.05) is 0 Å². The van der Waals surface area contributed by atoms with Gasteiger partial charge in [0.15, 0.2) is 0 Å². The van der Waals surface area contributed by atoms with Crippen LogP contribution in [0.2, 0.25) is 0 Å². The Morgan fingerprint density at radius 2 is 1.52 bits per heavy atom. The fraction of sp³-hybridized carbons (Fsp3) is 0.588. The average molecular weight is 359 g/mol. The summed E-state index contributed by atoms with van der Waals surface area (Å²) in [5, 5.41) is 1.86. The van der Waals surface area contributed by atoms with E-state index in [4.69, 9.17) is 9.31 Å². The second kappa shape index (κ2) is 7.00. The molecule has 0 aromatic carbocycles. The van der Waals surface area contributed by atoms with Crippen molar-refractivity contribution in [3.05, 3.63) is 35.0 Å². The highest BCUT2D eigenvalue weighted by Gasteiger charge is 2.52. The fourth-order valence-corrected chi connectivity index (χ4v) is 2.03. The van der Waals surface area contributed by atoms with Gasteiger partial charge in [0.05, 0.1) is 11.2 Å². The quantitative estimate of drug-likeness (QED) is 0.608. The zero-order valence-corrected chi connectivity index (χ0v) is 15.7. The van der Waals surface area contributed by atoms with Gasteiger partial charge in [0, 0.05) is 5.70 Å². The van der Waals surface area contributed by atoms with Gasteiger partial charge in [-0.25, -0.2) is 0 Å². The van der Waals surface area contributed by atoms with Crippen molar-refractivity contribution >= 4 is 13.0 Å². The molecule has 0 unspecified atom stereocenters. The van der Waals surface area contributed by atoms with Crippen molar-refractivity contribution in [1.29, 1.82) is 0 Å². The minimum Gasteiger partial charge on any atom is -0.399 e. The Bertz CT molecular complexity index is 614. The molecule has 140 valence electrons. The lowest BCUT2D eigenvalue weighted by Crippen LogP contribution is -2.41. The van der Waals surface area contributed by atoms with Crippen LogP contribution in [0.15, 0.2) is 35.0 Å². The van der Waals surface area contributed by atoms with Gasteiger partial charge in [-0.3, -0.25) is 4.79 Å². The van der Waals surface area contributed by atoms with Crippen LogP contribution >= 0.6 is 0 Å². The first-order valence-electron chi connectivity index (χ1n) is 7.87. The highest BCUT2D eigenvalue weighted by Crippen LogP contribution is 2.39. The van der Waals surface area contributed by atoms with Crippen LogP contribution in [-0.4, -0.2) is 30.4 Å². The summed E-state index contributed by atoms with van der Waals surface area (Å²) in [7, 11) is -0.757. The molecule has 0 saturated carbocycles. The van der Waals surface area contributed by atoms with E-state index in [1.54, 1.807) is 13.8 Å². The molecule has 1 amide bonds. The first-order chi connectivity index (χ1) is 11.1. The summed E-state index contributed by atoms with van der Waals surface area (Å²) in [4.78, 5) is 11.3. The number of carbonyl (C=O) groups is 1. The molecule has 1 aliphatic rings. The van der Waals surface area contributed by atoms with Gasteiger partial charge in [0.1, 0.15) is 0 Å². The third-order valence-electron chi connectivity index (χ3n) is 4.35. The van der Waals surface area contributed by atoms with Gasteiger partial charge >= 0.3 is 19.2 Å². The molecule has 0 spiro atoms. The smallest absolute Gasteiger partial charge is 0.399 e. The molecule has 0 aliphatic carbocycles. The largest absolute Gasteiger partial charge is 0.494 e. The van der Waals surface area contributed by atoms with E-state index in [1.165, 1.54) is 13.0 Å². The molecule has 0 atom stereocenters. The zero-order valence-electron chi connectivity index (χ0n) is 15.7. The minimum atomic E-state index is -4.98.